The fourth-order valence-corrected chi connectivity index (χ4v) is 2.65. The quantitative estimate of drug-likeness (QED) is 0.843. The van der Waals surface area contributed by atoms with E-state index in [2.05, 4.69) is 5.10 Å². The zero-order valence-corrected chi connectivity index (χ0v) is 12.9. The van der Waals surface area contributed by atoms with Crippen molar-refractivity contribution in [3.8, 4) is 17.5 Å². The Labute approximate surface area is 139 Å². The standard InChI is InChI=1S/C18H16N4O2/c19-11-15-17(16(24)10-12-4-2-1-3-5-12)21-22(18(15)20)13-6-8-14(23)9-7-13/h1-4,6-9,12,23H,5,10,20H2. The largest absolute Gasteiger partial charge is 0.508 e. The number of aromatic nitrogens is 2. The number of rotatable bonds is 4. The van der Waals surface area contributed by atoms with Crippen LogP contribution in [0.4, 0.5) is 5.82 Å². The zero-order valence-electron chi connectivity index (χ0n) is 12.9. The molecule has 6 nitrogen and oxygen atoms in total. The first-order valence-corrected chi connectivity index (χ1v) is 7.54. The van der Waals surface area contributed by atoms with Crippen LogP contribution in [0.2, 0.25) is 0 Å². The summed E-state index contributed by atoms with van der Waals surface area (Å²) < 4.78 is 1.35. The number of carbonyl (C=O) groups excluding carboxylic acids is 1. The molecule has 0 fully saturated rings. The van der Waals surface area contributed by atoms with Crippen LogP contribution in [0.15, 0.2) is 48.6 Å². The summed E-state index contributed by atoms with van der Waals surface area (Å²) in [7, 11) is 0. The summed E-state index contributed by atoms with van der Waals surface area (Å²) >= 11 is 0. The normalized spacial score (nSPS) is 16.0. The SMILES string of the molecule is N#Cc1c(C(=O)CC2C=CC=CC2)nn(-c2ccc(O)cc2)c1N. The van der Waals surface area contributed by atoms with E-state index in [1.807, 2.05) is 30.4 Å². The maximum atomic E-state index is 12.6. The highest BCUT2D eigenvalue weighted by atomic mass is 16.3. The minimum Gasteiger partial charge on any atom is -0.508 e. The van der Waals surface area contributed by atoms with Crippen molar-refractivity contribution in [1.29, 1.82) is 5.26 Å². The number of anilines is 1. The van der Waals surface area contributed by atoms with Crippen LogP contribution in [0, 0.1) is 17.2 Å². The van der Waals surface area contributed by atoms with Gasteiger partial charge in [-0.2, -0.15) is 10.4 Å². The second-order valence-electron chi connectivity index (χ2n) is 5.58. The molecule has 3 rings (SSSR count). The van der Waals surface area contributed by atoms with E-state index in [0.29, 0.717) is 5.69 Å². The Morgan fingerprint density at radius 1 is 1.38 bits per heavy atom. The molecule has 3 N–H and O–H groups in total. The van der Waals surface area contributed by atoms with Gasteiger partial charge >= 0.3 is 0 Å². The van der Waals surface area contributed by atoms with Gasteiger partial charge in [0.1, 0.15) is 28.9 Å². The van der Waals surface area contributed by atoms with Gasteiger partial charge in [0.2, 0.25) is 0 Å². The van der Waals surface area contributed by atoms with Gasteiger partial charge in [-0.1, -0.05) is 24.3 Å². The number of nitrogen functional groups attached to an aromatic ring is 1. The van der Waals surface area contributed by atoms with Crippen LogP contribution in [0.1, 0.15) is 28.9 Å². The van der Waals surface area contributed by atoms with Crippen LogP contribution in [-0.2, 0) is 0 Å². The van der Waals surface area contributed by atoms with Crippen LogP contribution in [0.5, 0.6) is 5.75 Å². The molecule has 0 amide bonds. The van der Waals surface area contributed by atoms with Gasteiger partial charge in [-0.05, 0) is 36.6 Å². The fourth-order valence-electron chi connectivity index (χ4n) is 2.65. The molecular weight excluding hydrogens is 304 g/mol. The molecule has 120 valence electrons. The number of aromatic hydroxyl groups is 1. The third kappa shape index (κ3) is 2.92. The number of Topliss-reactive ketones (excluding diaryl/α,β-unsaturated/α-hetero) is 1. The highest BCUT2D eigenvalue weighted by Crippen LogP contribution is 2.25. The van der Waals surface area contributed by atoms with E-state index in [4.69, 9.17) is 5.73 Å². The number of nitrogens with zero attached hydrogens (tertiary/aromatic N) is 3. The lowest BCUT2D eigenvalue weighted by Crippen LogP contribution is -2.10. The van der Waals surface area contributed by atoms with Gasteiger partial charge < -0.3 is 10.8 Å². The van der Waals surface area contributed by atoms with Crippen molar-refractivity contribution in [3.05, 3.63) is 59.8 Å². The molecule has 1 aliphatic carbocycles. The number of benzene rings is 1. The van der Waals surface area contributed by atoms with Gasteiger partial charge in [0.15, 0.2) is 5.78 Å². The Morgan fingerprint density at radius 3 is 2.75 bits per heavy atom. The van der Waals surface area contributed by atoms with Gasteiger partial charge in [0.05, 0.1) is 5.69 Å². The number of phenols is 1. The average molecular weight is 320 g/mol. The maximum absolute atomic E-state index is 12.6. The van der Waals surface area contributed by atoms with E-state index < -0.39 is 0 Å². The van der Waals surface area contributed by atoms with Crippen molar-refractivity contribution in [2.75, 3.05) is 5.73 Å². The molecule has 0 aliphatic heterocycles. The maximum Gasteiger partial charge on any atom is 0.185 e. The monoisotopic (exact) mass is 320 g/mol. The van der Waals surface area contributed by atoms with Crippen LogP contribution < -0.4 is 5.73 Å². The number of carbonyl (C=O) groups is 1. The molecular formula is C18H16N4O2. The molecule has 0 radical (unpaired) electrons. The molecule has 1 aromatic heterocycles. The fraction of sp³-hybridized carbons (Fsp3) is 0.167. The summed E-state index contributed by atoms with van der Waals surface area (Å²) in [5.41, 5.74) is 6.74. The zero-order chi connectivity index (χ0) is 17.1. The van der Waals surface area contributed by atoms with Crippen molar-refractivity contribution in [3.63, 3.8) is 0 Å². The number of hydrogen-bond donors (Lipinski definition) is 2. The first-order valence-electron chi connectivity index (χ1n) is 7.54. The summed E-state index contributed by atoms with van der Waals surface area (Å²) in [6.45, 7) is 0. The number of hydrogen-bond acceptors (Lipinski definition) is 5. The number of nitriles is 1. The summed E-state index contributed by atoms with van der Waals surface area (Å²) in [4.78, 5) is 12.6. The van der Waals surface area contributed by atoms with Gasteiger partial charge in [-0.3, -0.25) is 4.79 Å². The molecule has 2 aromatic rings. The van der Waals surface area contributed by atoms with Crippen molar-refractivity contribution in [2.45, 2.75) is 12.8 Å². The highest BCUT2D eigenvalue weighted by molar-refractivity contribution is 5.98. The molecule has 1 atom stereocenters. The summed E-state index contributed by atoms with van der Waals surface area (Å²) in [6.07, 6.45) is 8.91. The average Bonchev–Trinajstić information content (AvgIpc) is 2.93. The molecule has 1 aromatic carbocycles. The van der Waals surface area contributed by atoms with Gasteiger partial charge in [-0.15, -0.1) is 0 Å². The molecule has 24 heavy (non-hydrogen) atoms. The van der Waals surface area contributed by atoms with E-state index in [-0.39, 0.29) is 40.9 Å². The minimum atomic E-state index is -0.208. The molecule has 1 aliphatic rings. The molecule has 0 saturated heterocycles. The van der Waals surface area contributed by atoms with Crippen molar-refractivity contribution in [1.82, 2.24) is 9.78 Å². The number of allylic oxidation sites excluding steroid dienone is 4. The number of nitrogens with two attached hydrogens (primary N) is 1. The topological polar surface area (TPSA) is 105 Å². The third-order valence-electron chi connectivity index (χ3n) is 3.91. The molecule has 0 saturated carbocycles. The predicted molar refractivity (Wildman–Crippen MR) is 89.7 cm³/mol. The van der Waals surface area contributed by atoms with E-state index in [1.54, 1.807) is 12.1 Å². The second kappa shape index (κ2) is 6.42. The minimum absolute atomic E-state index is 0.0865. The number of phenolic OH excluding ortho intramolecular Hbond substituents is 1. The van der Waals surface area contributed by atoms with Gasteiger partial charge in [-0.25, -0.2) is 4.68 Å². The Morgan fingerprint density at radius 2 is 2.12 bits per heavy atom. The van der Waals surface area contributed by atoms with Crippen molar-refractivity contribution < 1.29 is 9.90 Å². The molecule has 1 unspecified atom stereocenters. The van der Waals surface area contributed by atoms with Crippen LogP contribution in [-0.4, -0.2) is 20.7 Å². The van der Waals surface area contributed by atoms with Crippen LogP contribution in [0.25, 0.3) is 5.69 Å². The summed E-state index contributed by atoms with van der Waals surface area (Å²) in [6, 6.07) is 8.18. The highest BCUT2D eigenvalue weighted by Gasteiger charge is 2.24. The first kappa shape index (κ1) is 15.6. The summed E-state index contributed by atoms with van der Waals surface area (Å²) in [5, 5.41) is 23.0. The van der Waals surface area contributed by atoms with E-state index in [9.17, 15) is 15.2 Å². The smallest absolute Gasteiger partial charge is 0.185 e. The van der Waals surface area contributed by atoms with Crippen LogP contribution >= 0.6 is 0 Å². The van der Waals surface area contributed by atoms with Crippen molar-refractivity contribution >= 4 is 11.6 Å². The van der Waals surface area contributed by atoms with Gasteiger partial charge in [0, 0.05) is 6.42 Å². The van der Waals surface area contributed by atoms with E-state index >= 15 is 0 Å². The van der Waals surface area contributed by atoms with Crippen molar-refractivity contribution in [2.24, 2.45) is 5.92 Å². The number of ketones is 1. The molecule has 6 heteroatoms. The van der Waals surface area contributed by atoms with Crippen LogP contribution in [0.3, 0.4) is 0 Å². The van der Waals surface area contributed by atoms with E-state index in [0.717, 1.165) is 6.42 Å². The Hall–Kier alpha value is -3.33. The Kier molecular flexibility index (Phi) is 4.17. The Bertz CT molecular complexity index is 870. The lowest BCUT2D eigenvalue weighted by Gasteiger charge is -2.10. The lowest BCUT2D eigenvalue weighted by molar-refractivity contribution is 0.0964. The molecule has 0 spiro atoms. The summed E-state index contributed by atoms with van der Waals surface area (Å²) in [5.74, 6) is 0.124. The first-order chi connectivity index (χ1) is 11.6. The third-order valence-corrected chi connectivity index (χ3v) is 3.91. The van der Waals surface area contributed by atoms with E-state index in [1.165, 1.54) is 16.8 Å². The van der Waals surface area contributed by atoms with Gasteiger partial charge in [0.25, 0.3) is 0 Å². The predicted octanol–water partition coefficient (Wildman–Crippen LogP) is 2.74. The lowest BCUT2D eigenvalue weighted by atomic mass is 9.93. The molecule has 1 heterocycles. The second-order valence-corrected chi connectivity index (χ2v) is 5.58. The Balaban J connectivity index is 1.93. The molecule has 0 bridgehead atoms.